The van der Waals surface area contributed by atoms with E-state index in [1.807, 2.05) is 31.2 Å². The van der Waals surface area contributed by atoms with E-state index < -0.39 is 5.41 Å². The molecule has 1 aromatic rings. The molecular weight excluding hydrogens is 232 g/mol. The fourth-order valence-electron chi connectivity index (χ4n) is 2.24. The van der Waals surface area contributed by atoms with Crippen molar-refractivity contribution in [1.82, 2.24) is 0 Å². The van der Waals surface area contributed by atoms with Gasteiger partial charge in [0.2, 0.25) is 0 Å². The lowest BCUT2D eigenvalue weighted by Gasteiger charge is -2.32. The van der Waals surface area contributed by atoms with Crippen LogP contribution in [0.1, 0.15) is 24.0 Å². The first-order valence-corrected chi connectivity index (χ1v) is 7.36. The summed E-state index contributed by atoms with van der Waals surface area (Å²) in [5, 5.41) is 19.4. The Balaban J connectivity index is 2.94. The fraction of sp³-hybridized carbons (Fsp3) is 0.571. The molecular formula is C14H22O2S. The molecule has 17 heavy (non-hydrogen) atoms. The summed E-state index contributed by atoms with van der Waals surface area (Å²) >= 11 is 1.80. The van der Waals surface area contributed by atoms with Gasteiger partial charge in [0.15, 0.2) is 0 Å². The van der Waals surface area contributed by atoms with Crippen molar-refractivity contribution in [2.75, 3.05) is 25.2 Å². The molecule has 0 amide bonds. The van der Waals surface area contributed by atoms with Gasteiger partial charge in [-0.1, -0.05) is 24.3 Å². The van der Waals surface area contributed by atoms with Crippen LogP contribution < -0.4 is 0 Å². The fourth-order valence-corrected chi connectivity index (χ4v) is 2.67. The van der Waals surface area contributed by atoms with Crippen LogP contribution in [0.5, 0.6) is 0 Å². The normalized spacial score (nSPS) is 11.8. The van der Waals surface area contributed by atoms with Gasteiger partial charge in [0.25, 0.3) is 0 Å². The van der Waals surface area contributed by atoms with Crippen LogP contribution in [0.25, 0.3) is 0 Å². The quantitative estimate of drug-likeness (QED) is 0.734. The Labute approximate surface area is 108 Å². The van der Waals surface area contributed by atoms with Gasteiger partial charge in [-0.25, -0.2) is 0 Å². The minimum atomic E-state index is -0.485. The molecule has 0 aliphatic rings. The Kier molecular flexibility index (Phi) is 6.03. The van der Waals surface area contributed by atoms with Gasteiger partial charge >= 0.3 is 0 Å². The van der Waals surface area contributed by atoms with Crippen molar-refractivity contribution in [1.29, 1.82) is 0 Å². The van der Waals surface area contributed by atoms with Crippen LogP contribution in [0.15, 0.2) is 24.3 Å². The Morgan fingerprint density at radius 2 is 1.82 bits per heavy atom. The second-order valence-electron chi connectivity index (χ2n) is 4.51. The average molecular weight is 254 g/mol. The molecule has 0 bridgehead atoms. The number of benzene rings is 1. The lowest BCUT2D eigenvalue weighted by atomic mass is 9.76. The van der Waals surface area contributed by atoms with E-state index >= 15 is 0 Å². The Hall–Kier alpha value is -0.510. The Morgan fingerprint density at radius 1 is 1.18 bits per heavy atom. The van der Waals surface area contributed by atoms with Crippen molar-refractivity contribution in [2.45, 2.75) is 25.2 Å². The summed E-state index contributed by atoms with van der Waals surface area (Å²) in [5.41, 5.74) is 1.73. The predicted octanol–water partition coefficient (Wildman–Crippen LogP) is 2.36. The van der Waals surface area contributed by atoms with E-state index in [1.165, 1.54) is 0 Å². The zero-order valence-corrected chi connectivity index (χ0v) is 11.5. The molecule has 0 atom stereocenters. The standard InChI is InChI=1S/C14H22O2S/c1-12-6-3-4-7-13(12)14(10-15,11-16)8-5-9-17-2/h3-4,6-7,15-16H,5,8-11H2,1-2H3. The third kappa shape index (κ3) is 3.47. The average Bonchev–Trinajstić information content (AvgIpc) is 2.36. The van der Waals surface area contributed by atoms with Gasteiger partial charge in [0.05, 0.1) is 13.2 Å². The predicted molar refractivity (Wildman–Crippen MR) is 74.6 cm³/mol. The van der Waals surface area contributed by atoms with Crippen molar-refractivity contribution >= 4 is 11.8 Å². The molecule has 1 rings (SSSR count). The van der Waals surface area contributed by atoms with E-state index in [0.29, 0.717) is 0 Å². The number of aryl methyl sites for hydroxylation is 1. The number of hydrogen-bond donors (Lipinski definition) is 2. The van der Waals surface area contributed by atoms with Crippen molar-refractivity contribution in [2.24, 2.45) is 0 Å². The van der Waals surface area contributed by atoms with Crippen molar-refractivity contribution < 1.29 is 10.2 Å². The second-order valence-corrected chi connectivity index (χ2v) is 5.49. The minimum absolute atomic E-state index is 0.00271. The summed E-state index contributed by atoms with van der Waals surface area (Å²) in [7, 11) is 0. The third-order valence-electron chi connectivity index (χ3n) is 3.33. The summed E-state index contributed by atoms with van der Waals surface area (Å²) in [5.74, 6) is 1.06. The lowest BCUT2D eigenvalue weighted by molar-refractivity contribution is 0.108. The first-order chi connectivity index (χ1) is 8.20. The molecule has 0 saturated heterocycles. The Bertz CT molecular complexity index is 335. The smallest absolute Gasteiger partial charge is 0.0550 e. The monoisotopic (exact) mass is 254 g/mol. The van der Waals surface area contributed by atoms with Crippen LogP contribution >= 0.6 is 11.8 Å². The van der Waals surface area contributed by atoms with Gasteiger partial charge in [-0.2, -0.15) is 11.8 Å². The maximum Gasteiger partial charge on any atom is 0.0550 e. The van der Waals surface area contributed by atoms with Crippen molar-refractivity contribution in [3.05, 3.63) is 35.4 Å². The number of rotatable bonds is 7. The highest BCUT2D eigenvalue weighted by Gasteiger charge is 2.31. The molecule has 2 nitrogen and oxygen atoms in total. The summed E-state index contributed by atoms with van der Waals surface area (Å²) in [4.78, 5) is 0. The maximum atomic E-state index is 9.69. The van der Waals surface area contributed by atoms with E-state index in [4.69, 9.17) is 0 Å². The molecule has 1 aromatic carbocycles. The van der Waals surface area contributed by atoms with Crippen LogP contribution in [0.4, 0.5) is 0 Å². The molecule has 0 aromatic heterocycles. The molecule has 0 spiro atoms. The zero-order chi connectivity index (χ0) is 12.7. The minimum Gasteiger partial charge on any atom is -0.395 e. The number of hydrogen-bond acceptors (Lipinski definition) is 3. The van der Waals surface area contributed by atoms with Gasteiger partial charge in [0.1, 0.15) is 0 Å². The highest BCUT2D eigenvalue weighted by atomic mass is 32.2. The van der Waals surface area contributed by atoms with Crippen molar-refractivity contribution in [3.8, 4) is 0 Å². The lowest BCUT2D eigenvalue weighted by Crippen LogP contribution is -2.35. The first kappa shape index (κ1) is 14.6. The maximum absolute atomic E-state index is 9.69. The van der Waals surface area contributed by atoms with Crippen LogP contribution in [-0.2, 0) is 5.41 Å². The topological polar surface area (TPSA) is 40.5 Å². The van der Waals surface area contributed by atoms with E-state index in [2.05, 4.69) is 6.26 Å². The molecule has 0 radical (unpaired) electrons. The Morgan fingerprint density at radius 3 is 2.35 bits per heavy atom. The molecule has 0 unspecified atom stereocenters. The summed E-state index contributed by atoms with van der Waals surface area (Å²) in [6.45, 7) is 2.04. The van der Waals surface area contributed by atoms with Crippen LogP contribution in [-0.4, -0.2) is 35.4 Å². The highest BCUT2D eigenvalue weighted by molar-refractivity contribution is 7.98. The summed E-state index contributed by atoms with van der Waals surface area (Å²) in [6, 6.07) is 8.00. The highest BCUT2D eigenvalue weighted by Crippen LogP contribution is 2.31. The van der Waals surface area contributed by atoms with E-state index in [1.54, 1.807) is 11.8 Å². The van der Waals surface area contributed by atoms with E-state index in [0.717, 1.165) is 29.7 Å². The van der Waals surface area contributed by atoms with Crippen LogP contribution in [0, 0.1) is 6.92 Å². The summed E-state index contributed by atoms with van der Waals surface area (Å²) in [6.07, 6.45) is 3.91. The molecule has 0 fully saturated rings. The van der Waals surface area contributed by atoms with E-state index in [-0.39, 0.29) is 13.2 Å². The van der Waals surface area contributed by atoms with Gasteiger partial charge in [-0.05, 0) is 42.9 Å². The SMILES string of the molecule is CSCCCC(CO)(CO)c1ccccc1C. The van der Waals surface area contributed by atoms with Gasteiger partial charge < -0.3 is 10.2 Å². The first-order valence-electron chi connectivity index (χ1n) is 5.97. The zero-order valence-electron chi connectivity index (χ0n) is 10.6. The van der Waals surface area contributed by atoms with E-state index in [9.17, 15) is 10.2 Å². The number of aliphatic hydroxyl groups is 2. The van der Waals surface area contributed by atoms with Gasteiger partial charge in [0, 0.05) is 5.41 Å². The molecule has 0 aliphatic heterocycles. The molecule has 3 heteroatoms. The number of aliphatic hydroxyl groups excluding tert-OH is 2. The second kappa shape index (κ2) is 7.04. The molecule has 0 aliphatic carbocycles. The van der Waals surface area contributed by atoms with Crippen LogP contribution in [0.3, 0.4) is 0 Å². The largest absolute Gasteiger partial charge is 0.395 e. The van der Waals surface area contributed by atoms with Crippen molar-refractivity contribution in [3.63, 3.8) is 0 Å². The third-order valence-corrected chi connectivity index (χ3v) is 4.02. The van der Waals surface area contributed by atoms with Crippen LogP contribution in [0.2, 0.25) is 0 Å². The molecule has 0 saturated carbocycles. The number of thioether (sulfide) groups is 1. The molecule has 0 heterocycles. The molecule has 96 valence electrons. The summed E-state index contributed by atoms with van der Waals surface area (Å²) < 4.78 is 0. The van der Waals surface area contributed by atoms with Gasteiger partial charge in [-0.3, -0.25) is 0 Å². The van der Waals surface area contributed by atoms with Gasteiger partial charge in [-0.15, -0.1) is 0 Å². The molecule has 2 N–H and O–H groups in total.